The fourth-order valence-corrected chi connectivity index (χ4v) is 2.44. The van der Waals surface area contributed by atoms with Gasteiger partial charge in [-0.2, -0.15) is 0 Å². The van der Waals surface area contributed by atoms with E-state index in [1.54, 1.807) is 11.9 Å². The molecule has 1 heterocycles. The third-order valence-corrected chi connectivity index (χ3v) is 3.73. The number of fused-ring (bicyclic) bond motifs is 1. The second-order valence-corrected chi connectivity index (χ2v) is 4.92. The number of aromatic nitrogens is 1. The monoisotopic (exact) mass is 248 g/mol. The first-order valence-electron chi connectivity index (χ1n) is 6.50. The molecular formula is C14H20N2O2. The lowest BCUT2D eigenvalue weighted by atomic mass is 9.97. The van der Waals surface area contributed by atoms with Gasteiger partial charge in [0.25, 0.3) is 0 Å². The van der Waals surface area contributed by atoms with E-state index in [4.69, 9.17) is 0 Å². The maximum atomic E-state index is 12.0. The van der Waals surface area contributed by atoms with Crippen molar-refractivity contribution in [3.05, 3.63) is 23.0 Å². The van der Waals surface area contributed by atoms with Crippen molar-refractivity contribution in [2.45, 2.75) is 39.7 Å². The number of ketones is 1. The van der Waals surface area contributed by atoms with Crippen LogP contribution in [-0.2, 0) is 17.8 Å². The van der Waals surface area contributed by atoms with Gasteiger partial charge >= 0.3 is 0 Å². The Balaban J connectivity index is 2.29. The highest BCUT2D eigenvalue weighted by atomic mass is 16.2. The van der Waals surface area contributed by atoms with Gasteiger partial charge in [-0.25, -0.2) is 0 Å². The van der Waals surface area contributed by atoms with Gasteiger partial charge in [-0.1, -0.05) is 0 Å². The van der Waals surface area contributed by atoms with Crippen LogP contribution in [0.4, 0.5) is 0 Å². The van der Waals surface area contributed by atoms with Crippen LogP contribution >= 0.6 is 0 Å². The number of hydrogen-bond donors (Lipinski definition) is 0. The molecule has 0 radical (unpaired) electrons. The van der Waals surface area contributed by atoms with E-state index in [-0.39, 0.29) is 11.7 Å². The van der Waals surface area contributed by atoms with Crippen molar-refractivity contribution in [1.82, 2.24) is 9.47 Å². The molecule has 1 aliphatic carbocycles. The van der Waals surface area contributed by atoms with Crippen LogP contribution in [0.1, 0.15) is 41.5 Å². The Morgan fingerprint density at radius 1 is 1.44 bits per heavy atom. The van der Waals surface area contributed by atoms with Crippen LogP contribution in [0, 0.1) is 6.92 Å². The summed E-state index contributed by atoms with van der Waals surface area (Å²) in [5.41, 5.74) is 2.88. The van der Waals surface area contributed by atoms with Crippen LogP contribution in [0.15, 0.2) is 6.07 Å². The molecule has 1 aromatic rings. The number of aryl methyl sites for hydroxylation is 1. The molecule has 1 aliphatic rings. The Hall–Kier alpha value is -1.58. The van der Waals surface area contributed by atoms with Crippen LogP contribution in [0.2, 0.25) is 0 Å². The number of carbonyl (C=O) groups excluding carboxylic acids is 2. The van der Waals surface area contributed by atoms with Gasteiger partial charge in [-0.05, 0) is 32.8 Å². The molecule has 98 valence electrons. The summed E-state index contributed by atoms with van der Waals surface area (Å²) >= 11 is 0. The first-order valence-corrected chi connectivity index (χ1v) is 6.50. The molecule has 0 bridgehead atoms. The molecule has 1 aromatic heterocycles. The van der Waals surface area contributed by atoms with Crippen molar-refractivity contribution in [2.24, 2.45) is 0 Å². The Kier molecular flexibility index (Phi) is 3.55. The molecule has 0 unspecified atom stereocenters. The Morgan fingerprint density at radius 2 is 2.17 bits per heavy atom. The van der Waals surface area contributed by atoms with E-state index in [1.165, 1.54) is 0 Å². The van der Waals surface area contributed by atoms with Gasteiger partial charge in [0, 0.05) is 37.0 Å². The first kappa shape index (κ1) is 12.9. The molecule has 1 amide bonds. The van der Waals surface area contributed by atoms with E-state index in [0.717, 1.165) is 29.8 Å². The SMILES string of the molecule is CCN(C)C(=O)Cn1c(C)cc2c1CCCC2=O. The summed E-state index contributed by atoms with van der Waals surface area (Å²) in [7, 11) is 1.80. The molecule has 18 heavy (non-hydrogen) atoms. The molecule has 0 atom stereocenters. The Bertz CT molecular complexity index is 488. The topological polar surface area (TPSA) is 42.3 Å². The van der Waals surface area contributed by atoms with Gasteiger partial charge in [-0.15, -0.1) is 0 Å². The van der Waals surface area contributed by atoms with Crippen molar-refractivity contribution in [2.75, 3.05) is 13.6 Å². The van der Waals surface area contributed by atoms with E-state index in [9.17, 15) is 9.59 Å². The maximum Gasteiger partial charge on any atom is 0.242 e. The predicted octanol–water partition coefficient (Wildman–Crippen LogP) is 1.79. The zero-order valence-corrected chi connectivity index (χ0v) is 11.3. The van der Waals surface area contributed by atoms with E-state index >= 15 is 0 Å². The first-order chi connectivity index (χ1) is 8.54. The van der Waals surface area contributed by atoms with Crippen molar-refractivity contribution >= 4 is 11.7 Å². The minimum atomic E-state index is 0.0945. The Morgan fingerprint density at radius 3 is 2.83 bits per heavy atom. The lowest BCUT2D eigenvalue weighted by Gasteiger charge is -2.19. The number of likely N-dealkylation sites (N-methyl/N-ethyl adjacent to an activating group) is 1. The normalized spacial score (nSPS) is 14.5. The van der Waals surface area contributed by atoms with Crippen LogP contribution < -0.4 is 0 Å². The minimum absolute atomic E-state index is 0.0945. The number of carbonyl (C=O) groups is 2. The largest absolute Gasteiger partial charge is 0.344 e. The van der Waals surface area contributed by atoms with Gasteiger partial charge in [0.1, 0.15) is 6.54 Å². The van der Waals surface area contributed by atoms with Crippen molar-refractivity contribution in [3.63, 3.8) is 0 Å². The summed E-state index contributed by atoms with van der Waals surface area (Å²) in [5.74, 6) is 0.311. The zero-order chi connectivity index (χ0) is 13.3. The van der Waals surface area contributed by atoms with Crippen molar-refractivity contribution in [1.29, 1.82) is 0 Å². The average Bonchev–Trinajstić information content (AvgIpc) is 2.67. The molecule has 0 fully saturated rings. The Labute approximate surface area is 108 Å². The van der Waals surface area contributed by atoms with Crippen LogP contribution in [-0.4, -0.2) is 34.7 Å². The number of hydrogen-bond acceptors (Lipinski definition) is 2. The molecule has 0 spiro atoms. The fourth-order valence-electron chi connectivity index (χ4n) is 2.44. The molecule has 0 saturated heterocycles. The van der Waals surface area contributed by atoms with E-state index in [0.29, 0.717) is 19.5 Å². The van der Waals surface area contributed by atoms with Crippen LogP contribution in [0.3, 0.4) is 0 Å². The zero-order valence-electron chi connectivity index (χ0n) is 11.3. The molecule has 0 aromatic carbocycles. The highest BCUT2D eigenvalue weighted by Crippen LogP contribution is 2.25. The lowest BCUT2D eigenvalue weighted by Crippen LogP contribution is -2.31. The number of rotatable bonds is 3. The highest BCUT2D eigenvalue weighted by molar-refractivity contribution is 5.98. The quantitative estimate of drug-likeness (QED) is 0.818. The van der Waals surface area contributed by atoms with E-state index in [1.807, 2.05) is 24.5 Å². The van der Waals surface area contributed by atoms with Gasteiger partial charge in [-0.3, -0.25) is 9.59 Å². The summed E-state index contributed by atoms with van der Waals surface area (Å²) in [5, 5.41) is 0. The summed E-state index contributed by atoms with van der Waals surface area (Å²) in [6.07, 6.45) is 2.43. The third-order valence-electron chi connectivity index (χ3n) is 3.73. The summed E-state index contributed by atoms with van der Waals surface area (Å²) < 4.78 is 2.00. The minimum Gasteiger partial charge on any atom is -0.344 e. The predicted molar refractivity (Wildman–Crippen MR) is 69.7 cm³/mol. The fraction of sp³-hybridized carbons (Fsp3) is 0.571. The molecule has 0 saturated carbocycles. The summed E-state index contributed by atoms with van der Waals surface area (Å²) in [6.45, 7) is 4.98. The molecule has 4 nitrogen and oxygen atoms in total. The summed E-state index contributed by atoms with van der Waals surface area (Å²) in [4.78, 5) is 25.5. The number of amides is 1. The van der Waals surface area contributed by atoms with Gasteiger partial charge in [0.15, 0.2) is 5.78 Å². The lowest BCUT2D eigenvalue weighted by molar-refractivity contribution is -0.130. The molecule has 0 aliphatic heterocycles. The molecular weight excluding hydrogens is 228 g/mol. The standard InChI is InChI=1S/C14H20N2O2/c1-4-15(3)14(18)9-16-10(2)8-11-12(16)6-5-7-13(11)17/h8H,4-7,9H2,1-3H3. The van der Waals surface area contributed by atoms with Gasteiger partial charge in [0.05, 0.1) is 0 Å². The van der Waals surface area contributed by atoms with Crippen molar-refractivity contribution < 1.29 is 9.59 Å². The third kappa shape index (κ3) is 2.19. The number of Topliss-reactive ketones (excluding diaryl/α,β-unsaturated/α-hetero) is 1. The maximum absolute atomic E-state index is 12.0. The molecule has 4 heteroatoms. The van der Waals surface area contributed by atoms with Crippen molar-refractivity contribution in [3.8, 4) is 0 Å². The van der Waals surface area contributed by atoms with E-state index < -0.39 is 0 Å². The smallest absolute Gasteiger partial charge is 0.242 e. The van der Waals surface area contributed by atoms with Crippen LogP contribution in [0.5, 0.6) is 0 Å². The van der Waals surface area contributed by atoms with Gasteiger partial charge in [0.2, 0.25) is 5.91 Å². The van der Waals surface area contributed by atoms with E-state index in [2.05, 4.69) is 0 Å². The molecule has 0 N–H and O–H groups in total. The average molecular weight is 248 g/mol. The molecule has 2 rings (SSSR count). The van der Waals surface area contributed by atoms with Crippen LogP contribution in [0.25, 0.3) is 0 Å². The summed E-state index contributed by atoms with van der Waals surface area (Å²) in [6, 6.07) is 1.93. The van der Waals surface area contributed by atoms with Gasteiger partial charge < -0.3 is 9.47 Å². The highest BCUT2D eigenvalue weighted by Gasteiger charge is 2.23. The number of nitrogens with zero attached hydrogens (tertiary/aromatic N) is 2. The second-order valence-electron chi connectivity index (χ2n) is 4.92. The second kappa shape index (κ2) is 4.96.